The van der Waals surface area contributed by atoms with Crippen LogP contribution in [0.5, 0.6) is 0 Å². The summed E-state index contributed by atoms with van der Waals surface area (Å²) in [6, 6.07) is -2.76. The molecule has 2 aliphatic rings. The van der Waals surface area contributed by atoms with Crippen molar-refractivity contribution in [2.45, 2.75) is 229 Å². The third-order valence-electron chi connectivity index (χ3n) is 10.8. The molecule has 15 heteroatoms. The normalized spacial score (nSPS) is 29.5. The Morgan fingerprint density at radius 3 is 1.42 bits per heavy atom. The summed E-state index contributed by atoms with van der Waals surface area (Å²) in [5.41, 5.74) is 0. The number of hydrogen-bond acceptors (Lipinski definition) is 13. The molecule has 2 rings (SSSR count). The van der Waals surface area contributed by atoms with E-state index in [4.69, 9.17) is 14.2 Å². The van der Waals surface area contributed by atoms with Crippen LogP contribution in [0.4, 0.5) is 0 Å². The maximum Gasteiger partial charge on any atom is 0.223 e. The second-order valence-corrected chi connectivity index (χ2v) is 15.7. The standard InChI is InChI=1S/C40H76N2O13/c1-3-5-7-9-11-13-15-17-19-21-27(44)23-31(46)41-33-37(50)36(49)30(54-39(33)52)26-53-40-34(38(51)35(48)29(25-43)55-40)42-32(47)24-28(45)22-20-18-16-14-12-10-8-6-4-2/h27-30,33-40,43-45,48-52H,3-26H2,1-2H3,(H,41,46)(H,42,47)/t27?,28?,29-,30-,33-,34-,35-,36-,37-,38-,39+,40-/m1/s1. The lowest BCUT2D eigenvalue weighted by Crippen LogP contribution is -2.66. The molecule has 0 spiro atoms. The highest BCUT2D eigenvalue weighted by Crippen LogP contribution is 2.26. The van der Waals surface area contributed by atoms with Crippen LogP contribution in [0.25, 0.3) is 0 Å². The van der Waals surface area contributed by atoms with E-state index in [0.717, 1.165) is 51.4 Å². The summed E-state index contributed by atoms with van der Waals surface area (Å²) in [5, 5.41) is 89.1. The van der Waals surface area contributed by atoms with Gasteiger partial charge in [-0.1, -0.05) is 129 Å². The number of carbonyl (C=O) groups is 2. The van der Waals surface area contributed by atoms with Crippen LogP contribution >= 0.6 is 0 Å². The van der Waals surface area contributed by atoms with Gasteiger partial charge in [0.05, 0.1) is 38.3 Å². The highest BCUT2D eigenvalue weighted by molar-refractivity contribution is 5.77. The van der Waals surface area contributed by atoms with E-state index in [1.807, 2.05) is 0 Å². The van der Waals surface area contributed by atoms with Crippen LogP contribution in [0.1, 0.15) is 155 Å². The van der Waals surface area contributed by atoms with Crippen molar-refractivity contribution in [1.82, 2.24) is 10.6 Å². The van der Waals surface area contributed by atoms with E-state index >= 15 is 0 Å². The number of amides is 2. The molecule has 2 unspecified atom stereocenters. The largest absolute Gasteiger partial charge is 0.394 e. The Labute approximate surface area is 328 Å². The van der Waals surface area contributed by atoms with Crippen molar-refractivity contribution in [3.8, 4) is 0 Å². The highest BCUT2D eigenvalue weighted by Gasteiger charge is 2.48. The predicted octanol–water partition coefficient (Wildman–Crippen LogP) is 2.19. The van der Waals surface area contributed by atoms with Gasteiger partial charge in [0.1, 0.15) is 48.7 Å². The number of aliphatic hydroxyl groups excluding tert-OH is 8. The molecule has 12 atom stereocenters. The monoisotopic (exact) mass is 793 g/mol. The van der Waals surface area contributed by atoms with Gasteiger partial charge in [0.2, 0.25) is 11.8 Å². The average molecular weight is 793 g/mol. The second kappa shape index (κ2) is 28.8. The molecular weight excluding hydrogens is 716 g/mol. The molecule has 0 aliphatic carbocycles. The number of hydrogen-bond donors (Lipinski definition) is 10. The van der Waals surface area contributed by atoms with Gasteiger partial charge >= 0.3 is 0 Å². The fourth-order valence-corrected chi connectivity index (χ4v) is 7.31. The molecule has 2 fully saturated rings. The first-order valence-corrected chi connectivity index (χ1v) is 21.3. The third kappa shape index (κ3) is 19.2. The van der Waals surface area contributed by atoms with Crippen LogP contribution in [0.2, 0.25) is 0 Å². The maximum atomic E-state index is 12.9. The molecule has 2 amide bonds. The summed E-state index contributed by atoms with van der Waals surface area (Å²) >= 11 is 0. The van der Waals surface area contributed by atoms with Crippen LogP contribution in [-0.2, 0) is 23.8 Å². The van der Waals surface area contributed by atoms with Crippen molar-refractivity contribution >= 4 is 11.8 Å². The van der Waals surface area contributed by atoms with Gasteiger partial charge in [0.15, 0.2) is 12.6 Å². The van der Waals surface area contributed by atoms with Crippen molar-refractivity contribution in [1.29, 1.82) is 0 Å². The Hall–Kier alpha value is -1.50. The Morgan fingerprint density at radius 2 is 0.964 bits per heavy atom. The maximum absolute atomic E-state index is 12.9. The van der Waals surface area contributed by atoms with Gasteiger partial charge in [0, 0.05) is 0 Å². The highest BCUT2D eigenvalue weighted by atomic mass is 16.7. The fourth-order valence-electron chi connectivity index (χ4n) is 7.31. The minimum Gasteiger partial charge on any atom is -0.394 e. The molecular formula is C40H76N2O13. The first kappa shape index (κ1) is 49.6. The zero-order valence-corrected chi connectivity index (χ0v) is 33.5. The van der Waals surface area contributed by atoms with E-state index in [9.17, 15) is 50.4 Å². The van der Waals surface area contributed by atoms with E-state index in [1.54, 1.807) is 0 Å². The van der Waals surface area contributed by atoms with Gasteiger partial charge in [-0.3, -0.25) is 9.59 Å². The van der Waals surface area contributed by atoms with Crippen molar-refractivity contribution in [3.63, 3.8) is 0 Å². The summed E-state index contributed by atoms with van der Waals surface area (Å²) in [4.78, 5) is 25.5. The molecule has 2 heterocycles. The number of aliphatic hydroxyl groups is 8. The van der Waals surface area contributed by atoms with Crippen LogP contribution in [0, 0.1) is 0 Å². The third-order valence-corrected chi connectivity index (χ3v) is 10.8. The van der Waals surface area contributed by atoms with E-state index in [0.29, 0.717) is 12.8 Å². The Balaban J connectivity index is 1.81. The van der Waals surface area contributed by atoms with Gasteiger partial charge in [-0.05, 0) is 12.8 Å². The van der Waals surface area contributed by atoms with Crippen molar-refractivity contribution < 1.29 is 64.7 Å². The number of unbranched alkanes of at least 4 members (excludes halogenated alkanes) is 16. The lowest BCUT2D eigenvalue weighted by molar-refractivity contribution is -0.298. The van der Waals surface area contributed by atoms with Gasteiger partial charge in [-0.25, -0.2) is 0 Å². The van der Waals surface area contributed by atoms with Gasteiger partial charge in [-0.15, -0.1) is 0 Å². The van der Waals surface area contributed by atoms with Crippen molar-refractivity contribution in [2.24, 2.45) is 0 Å². The first-order chi connectivity index (χ1) is 26.4. The van der Waals surface area contributed by atoms with E-state index in [-0.39, 0.29) is 12.8 Å². The van der Waals surface area contributed by atoms with Crippen LogP contribution in [0.15, 0.2) is 0 Å². The summed E-state index contributed by atoms with van der Waals surface area (Å²) < 4.78 is 16.8. The molecule has 55 heavy (non-hydrogen) atoms. The first-order valence-electron chi connectivity index (χ1n) is 21.3. The molecule has 324 valence electrons. The molecule has 0 bridgehead atoms. The van der Waals surface area contributed by atoms with Gasteiger partial charge in [-0.2, -0.15) is 0 Å². The molecule has 0 saturated carbocycles. The molecule has 2 saturated heterocycles. The second-order valence-electron chi connectivity index (χ2n) is 15.7. The molecule has 2 aliphatic heterocycles. The van der Waals surface area contributed by atoms with E-state index in [2.05, 4.69) is 24.5 Å². The Bertz CT molecular complexity index is 1010. The Morgan fingerprint density at radius 1 is 0.564 bits per heavy atom. The van der Waals surface area contributed by atoms with Crippen molar-refractivity contribution in [2.75, 3.05) is 13.2 Å². The summed E-state index contributed by atoms with van der Waals surface area (Å²) in [5.74, 6) is -1.26. The number of rotatable bonds is 30. The van der Waals surface area contributed by atoms with E-state index < -0.39 is 98.5 Å². The quantitative estimate of drug-likeness (QED) is 0.0470. The lowest BCUT2D eigenvalue weighted by Gasteiger charge is -2.44. The number of carbonyl (C=O) groups excluding carboxylic acids is 2. The molecule has 0 aromatic rings. The number of nitrogens with one attached hydrogen (secondary N) is 2. The van der Waals surface area contributed by atoms with Crippen LogP contribution in [-0.4, -0.2) is 139 Å². The minimum atomic E-state index is -1.77. The average Bonchev–Trinajstić information content (AvgIpc) is 3.15. The predicted molar refractivity (Wildman–Crippen MR) is 205 cm³/mol. The zero-order chi connectivity index (χ0) is 40.6. The molecule has 0 aromatic heterocycles. The molecule has 0 radical (unpaired) electrons. The lowest BCUT2D eigenvalue weighted by atomic mass is 9.95. The fraction of sp³-hybridized carbons (Fsp3) is 0.950. The van der Waals surface area contributed by atoms with Crippen LogP contribution in [0.3, 0.4) is 0 Å². The van der Waals surface area contributed by atoms with Crippen LogP contribution < -0.4 is 10.6 Å². The molecule has 0 aromatic carbocycles. The Kier molecular flexibility index (Phi) is 26.0. The van der Waals surface area contributed by atoms with E-state index in [1.165, 1.54) is 64.2 Å². The van der Waals surface area contributed by atoms with Crippen molar-refractivity contribution in [3.05, 3.63) is 0 Å². The summed E-state index contributed by atoms with van der Waals surface area (Å²) in [6.07, 6.45) is 6.23. The smallest absolute Gasteiger partial charge is 0.223 e. The minimum absolute atomic E-state index is 0.252. The zero-order valence-electron chi connectivity index (χ0n) is 33.5. The SMILES string of the molecule is CCCCCCCCCCCC(O)CC(=O)N[C@@H]1[C@@H](O)[C@H](O)[C@@H](CO[C@@H]2O[C@H](CO)[C@@H](O)[C@H](O)[C@H]2NC(=O)CC(O)CCCCCCCCCCC)O[C@@H]1O. The molecule has 15 nitrogen and oxygen atoms in total. The summed E-state index contributed by atoms with van der Waals surface area (Å²) in [6.45, 7) is 3.15. The summed E-state index contributed by atoms with van der Waals surface area (Å²) in [7, 11) is 0. The van der Waals surface area contributed by atoms with Gasteiger partial charge < -0.3 is 65.7 Å². The topological polar surface area (TPSA) is 248 Å². The number of ether oxygens (including phenoxy) is 3. The van der Waals surface area contributed by atoms with Gasteiger partial charge in [0.25, 0.3) is 0 Å². The molecule has 10 N–H and O–H groups in total.